The van der Waals surface area contributed by atoms with Gasteiger partial charge >= 0.3 is 12.1 Å². The molecule has 1 nitrogen and oxygen atoms in total. The van der Waals surface area contributed by atoms with Gasteiger partial charge in [-0.25, -0.2) is 0 Å². The molecule has 0 radical (unpaired) electrons. The van der Waals surface area contributed by atoms with E-state index in [4.69, 9.17) is 0 Å². The Hall–Kier alpha value is 0.270. The Balaban J connectivity index is 2.51. The highest BCUT2D eigenvalue weighted by Crippen LogP contribution is 2.36. The summed E-state index contributed by atoms with van der Waals surface area (Å²) in [5.41, 5.74) is 0.514. The number of rotatable bonds is 4. The summed E-state index contributed by atoms with van der Waals surface area (Å²) in [5, 5.41) is 0. The fourth-order valence-electron chi connectivity index (χ4n) is 0.844. The highest BCUT2D eigenvalue weighted by Gasteiger charge is 2.57. The number of hydrogen-bond donors (Lipinski definition) is 0. The fourth-order valence-corrected chi connectivity index (χ4v) is 3.63. The van der Waals surface area contributed by atoms with E-state index in [1.165, 1.54) is 11.3 Å². The molecule has 0 spiro atoms. The molecule has 0 aliphatic rings. The lowest BCUT2D eigenvalue weighted by Gasteiger charge is -2.19. The molecule has 17 heavy (non-hydrogen) atoms. The molecule has 9 heteroatoms. The molecule has 1 rings (SSSR count). The second-order valence-electron chi connectivity index (χ2n) is 3.04. The third kappa shape index (κ3) is 4.15. The number of halogens is 7. The van der Waals surface area contributed by atoms with Gasteiger partial charge in [0.25, 0.3) is 0 Å². The smallest absolute Gasteiger partial charge is 0.370 e. The van der Waals surface area contributed by atoms with Crippen LogP contribution < -0.4 is 0 Å². The molecular weight excluding hydrogens is 399 g/mol. The van der Waals surface area contributed by atoms with Gasteiger partial charge in [0.1, 0.15) is 6.61 Å². The predicted molar refractivity (Wildman–Crippen MR) is 60.4 cm³/mol. The van der Waals surface area contributed by atoms with Gasteiger partial charge in [0.05, 0.1) is 14.2 Å². The van der Waals surface area contributed by atoms with E-state index in [0.29, 0.717) is 9.35 Å². The van der Waals surface area contributed by atoms with E-state index in [0.717, 1.165) is 3.79 Å². The lowest BCUT2D eigenvalue weighted by atomic mass is 10.3. The largest absolute Gasteiger partial charge is 0.455 e. The van der Waals surface area contributed by atoms with Crippen LogP contribution in [0.3, 0.4) is 0 Å². The highest BCUT2D eigenvalue weighted by atomic mass is 79.9. The summed E-state index contributed by atoms with van der Waals surface area (Å²) >= 11 is 7.56. The van der Waals surface area contributed by atoms with Crippen molar-refractivity contribution in [1.29, 1.82) is 0 Å². The Labute approximate surface area is 114 Å². The second-order valence-corrected chi connectivity index (χ2v) is 6.79. The van der Waals surface area contributed by atoms with E-state index in [1.807, 2.05) is 0 Å². The fraction of sp³-hybridized carbons (Fsp3) is 0.500. The van der Waals surface area contributed by atoms with Crippen LogP contribution in [0.4, 0.5) is 22.0 Å². The van der Waals surface area contributed by atoms with E-state index < -0.39 is 18.7 Å². The van der Waals surface area contributed by atoms with Crippen molar-refractivity contribution in [3.63, 3.8) is 0 Å². The molecule has 0 saturated heterocycles. The molecule has 98 valence electrons. The van der Waals surface area contributed by atoms with Crippen molar-refractivity contribution in [3.8, 4) is 0 Å². The average Bonchev–Trinajstić information content (AvgIpc) is 2.43. The van der Waals surface area contributed by atoms with Crippen LogP contribution in [-0.4, -0.2) is 18.7 Å². The molecule has 0 aliphatic carbocycles. The molecule has 1 aromatic rings. The molecule has 0 saturated carbocycles. The summed E-state index contributed by atoms with van der Waals surface area (Å²) < 4.78 is 66.1. The van der Waals surface area contributed by atoms with Gasteiger partial charge in [-0.3, -0.25) is 0 Å². The van der Waals surface area contributed by atoms with Gasteiger partial charge in [-0.05, 0) is 37.9 Å². The number of ether oxygens (including phenoxy) is 1. The minimum absolute atomic E-state index is 0.311. The van der Waals surface area contributed by atoms with Crippen molar-refractivity contribution in [2.24, 2.45) is 0 Å². The molecule has 0 bridgehead atoms. The summed E-state index contributed by atoms with van der Waals surface area (Å²) in [5.74, 6) is -4.83. The number of thiophene rings is 1. The zero-order valence-electron chi connectivity index (χ0n) is 7.95. The Bertz CT molecular complexity index is 390. The van der Waals surface area contributed by atoms with E-state index in [2.05, 4.69) is 36.6 Å². The van der Waals surface area contributed by atoms with Crippen LogP contribution in [0.5, 0.6) is 0 Å². The molecule has 0 aromatic carbocycles. The van der Waals surface area contributed by atoms with Gasteiger partial charge in [-0.1, -0.05) is 0 Å². The zero-order chi connectivity index (χ0) is 13.3. The molecule has 0 amide bonds. The van der Waals surface area contributed by atoms with Crippen molar-refractivity contribution >= 4 is 43.2 Å². The van der Waals surface area contributed by atoms with E-state index in [-0.39, 0.29) is 6.61 Å². The first kappa shape index (κ1) is 15.3. The summed E-state index contributed by atoms with van der Waals surface area (Å²) in [6.07, 6.45) is -5.58. The summed E-state index contributed by atoms with van der Waals surface area (Å²) in [4.78, 5) is 0. The van der Waals surface area contributed by atoms with Crippen LogP contribution >= 0.6 is 43.2 Å². The maximum absolute atomic E-state index is 12.5. The van der Waals surface area contributed by atoms with Crippen LogP contribution in [0.1, 0.15) is 5.56 Å². The Morgan fingerprint density at radius 1 is 1.18 bits per heavy atom. The van der Waals surface area contributed by atoms with Gasteiger partial charge in [-0.2, -0.15) is 22.0 Å². The quantitative estimate of drug-likeness (QED) is 0.643. The van der Waals surface area contributed by atoms with Gasteiger partial charge in [0.15, 0.2) is 0 Å². The first-order valence-electron chi connectivity index (χ1n) is 4.09. The molecule has 0 aliphatic heterocycles. The molecule has 0 fully saturated rings. The van der Waals surface area contributed by atoms with Crippen LogP contribution in [-0.2, 0) is 11.3 Å². The maximum Gasteiger partial charge on any atom is 0.455 e. The SMILES string of the molecule is FC(F)(F)C(F)(F)COCc1cc(Br)sc1Br. The van der Waals surface area contributed by atoms with E-state index in [9.17, 15) is 22.0 Å². The first-order valence-corrected chi connectivity index (χ1v) is 6.50. The molecular formula is C8H5Br2F5OS. The van der Waals surface area contributed by atoms with E-state index >= 15 is 0 Å². The van der Waals surface area contributed by atoms with Gasteiger partial charge in [0, 0.05) is 5.56 Å². The average molecular weight is 404 g/mol. The third-order valence-electron chi connectivity index (χ3n) is 1.68. The molecule has 0 atom stereocenters. The summed E-state index contributed by atoms with van der Waals surface area (Å²) in [7, 11) is 0. The van der Waals surface area contributed by atoms with Crippen LogP contribution in [0.2, 0.25) is 0 Å². The normalized spacial score (nSPS) is 13.1. The maximum atomic E-state index is 12.5. The minimum Gasteiger partial charge on any atom is -0.370 e. The van der Waals surface area contributed by atoms with Crippen molar-refractivity contribution in [1.82, 2.24) is 0 Å². The molecule has 0 N–H and O–H groups in total. The molecule has 1 aromatic heterocycles. The third-order valence-corrected chi connectivity index (χ3v) is 4.15. The lowest BCUT2D eigenvalue weighted by molar-refractivity contribution is -0.297. The number of alkyl halides is 5. The van der Waals surface area contributed by atoms with Gasteiger partial charge < -0.3 is 4.74 Å². The van der Waals surface area contributed by atoms with Crippen molar-refractivity contribution in [3.05, 3.63) is 19.2 Å². The first-order chi connectivity index (χ1) is 7.63. The number of hydrogen-bond acceptors (Lipinski definition) is 2. The van der Waals surface area contributed by atoms with Crippen LogP contribution in [0, 0.1) is 0 Å². The zero-order valence-corrected chi connectivity index (χ0v) is 11.9. The van der Waals surface area contributed by atoms with Crippen molar-refractivity contribution in [2.75, 3.05) is 6.61 Å². The van der Waals surface area contributed by atoms with Crippen LogP contribution in [0.25, 0.3) is 0 Å². The lowest BCUT2D eigenvalue weighted by Crippen LogP contribution is -2.40. The highest BCUT2D eigenvalue weighted by molar-refractivity contribution is 9.12. The predicted octanol–water partition coefficient (Wildman–Crippen LogP) is 4.99. The Morgan fingerprint density at radius 3 is 2.18 bits per heavy atom. The van der Waals surface area contributed by atoms with Crippen molar-refractivity contribution in [2.45, 2.75) is 18.7 Å². The van der Waals surface area contributed by atoms with Crippen LogP contribution in [0.15, 0.2) is 13.6 Å². The minimum atomic E-state index is -5.58. The monoisotopic (exact) mass is 402 g/mol. The second kappa shape index (κ2) is 5.50. The standard InChI is InChI=1S/C8H5Br2F5OS/c9-5-1-4(6(10)17-5)2-16-3-7(11,12)8(13,14)15/h1H,2-3H2. The summed E-state index contributed by atoms with van der Waals surface area (Å²) in [6.45, 7) is -2.00. The summed E-state index contributed by atoms with van der Waals surface area (Å²) in [6, 6.07) is 1.58. The Kier molecular flexibility index (Phi) is 4.96. The Morgan fingerprint density at radius 2 is 1.76 bits per heavy atom. The topological polar surface area (TPSA) is 9.23 Å². The van der Waals surface area contributed by atoms with Gasteiger partial charge in [0.2, 0.25) is 0 Å². The molecule has 0 unspecified atom stereocenters. The van der Waals surface area contributed by atoms with Gasteiger partial charge in [-0.15, -0.1) is 11.3 Å². The van der Waals surface area contributed by atoms with Crippen molar-refractivity contribution < 1.29 is 26.7 Å². The molecule has 1 heterocycles. The van der Waals surface area contributed by atoms with E-state index in [1.54, 1.807) is 6.07 Å².